The summed E-state index contributed by atoms with van der Waals surface area (Å²) < 4.78 is 18.2. The van der Waals surface area contributed by atoms with E-state index in [0.717, 1.165) is 61.5 Å². The lowest BCUT2D eigenvalue weighted by atomic mass is 9.69. The largest absolute Gasteiger partial charge is 0.487 e. The fourth-order valence-electron chi connectivity index (χ4n) is 5.79. The standard InChI is InChI=1S/C33H48ClNO6Si/c1-33(2,3)42(5,6)41-31(29(37)20-36)27-14-11-24(27)19-35-16-8-7-9-22-17-26(34)13-10-25(22)21-40-30-15-12-23(18-28(30)35)32(38)39-4/h10,12-13,15,17-18,24,27,29,31,36-37H,7-9,11,14,16,19-21H2,1-6H3/t24-,27+,29-,31?/m0/s1. The highest BCUT2D eigenvalue weighted by Crippen LogP contribution is 2.45. The molecular weight excluding hydrogens is 570 g/mol. The zero-order valence-corrected chi connectivity index (χ0v) is 27.7. The summed E-state index contributed by atoms with van der Waals surface area (Å²) in [5.41, 5.74) is 3.65. The van der Waals surface area contributed by atoms with Crippen LogP contribution in [0.2, 0.25) is 23.2 Å². The van der Waals surface area contributed by atoms with Gasteiger partial charge in [0.1, 0.15) is 18.5 Å². The molecule has 232 valence electrons. The third-order valence-electron chi connectivity index (χ3n) is 9.55. The Morgan fingerprint density at radius 3 is 2.55 bits per heavy atom. The molecule has 2 aliphatic rings. The number of rotatable bonds is 8. The van der Waals surface area contributed by atoms with E-state index in [1.54, 1.807) is 6.07 Å². The Labute approximate surface area is 257 Å². The second-order valence-corrected chi connectivity index (χ2v) is 18.6. The molecular formula is C33H48ClNO6Si. The maximum absolute atomic E-state index is 12.5. The second kappa shape index (κ2) is 13.7. The summed E-state index contributed by atoms with van der Waals surface area (Å²) in [4.78, 5) is 14.9. The van der Waals surface area contributed by atoms with Gasteiger partial charge in [0.15, 0.2) is 8.32 Å². The highest BCUT2D eigenvalue weighted by Gasteiger charge is 2.47. The van der Waals surface area contributed by atoms with Gasteiger partial charge in [-0.25, -0.2) is 4.79 Å². The molecule has 0 saturated heterocycles. The summed E-state index contributed by atoms with van der Waals surface area (Å²) in [6.45, 7) is 12.6. The van der Waals surface area contributed by atoms with Crippen LogP contribution < -0.4 is 9.64 Å². The van der Waals surface area contributed by atoms with Crippen LogP contribution in [0.1, 0.15) is 67.9 Å². The van der Waals surface area contributed by atoms with Crippen molar-refractivity contribution in [2.45, 2.75) is 89.8 Å². The van der Waals surface area contributed by atoms with Crippen LogP contribution in [-0.2, 0) is 22.2 Å². The molecule has 2 N–H and O–H groups in total. The normalized spacial score (nSPS) is 21.1. The number of carbonyl (C=O) groups is 1. The number of hydrogen-bond acceptors (Lipinski definition) is 7. The van der Waals surface area contributed by atoms with Crippen LogP contribution in [0.25, 0.3) is 0 Å². The van der Waals surface area contributed by atoms with Gasteiger partial charge < -0.3 is 29.0 Å². The van der Waals surface area contributed by atoms with E-state index in [4.69, 9.17) is 25.5 Å². The van der Waals surface area contributed by atoms with Crippen LogP contribution in [0.3, 0.4) is 0 Å². The third-order valence-corrected chi connectivity index (χ3v) is 14.3. The SMILES string of the molecule is COC(=O)c1ccc2c(c1)N(C[C@@H]1CC[C@H]1C(O[Si](C)(C)C(C)(C)C)[C@@H](O)CO)CCCCc1cc(Cl)ccc1CO2. The summed E-state index contributed by atoms with van der Waals surface area (Å²) in [5, 5.41) is 21.6. The van der Waals surface area contributed by atoms with Gasteiger partial charge in [-0.05, 0) is 104 Å². The van der Waals surface area contributed by atoms with Crippen LogP contribution >= 0.6 is 11.6 Å². The average molecular weight is 618 g/mol. The van der Waals surface area contributed by atoms with Crippen LogP contribution in [0.15, 0.2) is 36.4 Å². The van der Waals surface area contributed by atoms with E-state index in [0.29, 0.717) is 17.9 Å². The van der Waals surface area contributed by atoms with Crippen molar-refractivity contribution < 1.29 is 28.9 Å². The van der Waals surface area contributed by atoms with Crippen molar-refractivity contribution in [2.24, 2.45) is 11.8 Å². The van der Waals surface area contributed by atoms with Crippen LogP contribution in [-0.4, -0.2) is 63.5 Å². The van der Waals surface area contributed by atoms with E-state index in [2.05, 4.69) is 38.8 Å². The van der Waals surface area contributed by atoms with Crippen molar-refractivity contribution in [3.8, 4) is 5.75 Å². The maximum atomic E-state index is 12.5. The lowest BCUT2D eigenvalue weighted by molar-refractivity contribution is -0.0730. The Morgan fingerprint density at radius 2 is 1.90 bits per heavy atom. The van der Waals surface area contributed by atoms with E-state index in [9.17, 15) is 15.0 Å². The Balaban J connectivity index is 1.64. The molecule has 0 amide bonds. The van der Waals surface area contributed by atoms with Crippen molar-refractivity contribution in [3.63, 3.8) is 0 Å². The summed E-state index contributed by atoms with van der Waals surface area (Å²) in [5.74, 6) is 0.712. The molecule has 7 nitrogen and oxygen atoms in total. The Morgan fingerprint density at radius 1 is 1.14 bits per heavy atom. The van der Waals surface area contributed by atoms with Gasteiger partial charge in [-0.1, -0.05) is 38.4 Å². The topological polar surface area (TPSA) is 88.5 Å². The van der Waals surface area contributed by atoms with Gasteiger partial charge in [-0.3, -0.25) is 0 Å². The molecule has 1 heterocycles. The van der Waals surface area contributed by atoms with E-state index in [1.807, 2.05) is 30.3 Å². The maximum Gasteiger partial charge on any atom is 0.337 e. The second-order valence-electron chi connectivity index (χ2n) is 13.4. The molecule has 2 aromatic carbocycles. The Bertz CT molecular complexity index is 1230. The number of aryl methyl sites for hydroxylation is 1. The number of ether oxygens (including phenoxy) is 2. The van der Waals surface area contributed by atoms with E-state index >= 15 is 0 Å². The van der Waals surface area contributed by atoms with Crippen molar-refractivity contribution in [1.82, 2.24) is 0 Å². The van der Waals surface area contributed by atoms with Crippen molar-refractivity contribution in [2.75, 3.05) is 31.7 Å². The van der Waals surface area contributed by atoms with Gasteiger partial charge in [0, 0.05) is 18.1 Å². The number of benzene rings is 2. The predicted octanol–water partition coefficient (Wildman–Crippen LogP) is 6.62. The lowest BCUT2D eigenvalue weighted by Gasteiger charge is -2.49. The number of hydrogen-bond donors (Lipinski definition) is 2. The minimum absolute atomic E-state index is 0.0135. The molecule has 4 atom stereocenters. The van der Waals surface area contributed by atoms with E-state index in [1.165, 1.54) is 12.7 Å². The molecule has 42 heavy (non-hydrogen) atoms. The molecule has 9 heteroatoms. The molecule has 1 unspecified atom stereocenters. The van der Waals surface area contributed by atoms with Gasteiger partial charge in [-0.15, -0.1) is 0 Å². The number of methoxy groups -OCH3 is 1. The minimum atomic E-state index is -2.19. The number of fused-ring (bicyclic) bond motifs is 2. The van der Waals surface area contributed by atoms with Crippen molar-refractivity contribution in [1.29, 1.82) is 0 Å². The van der Waals surface area contributed by atoms with Gasteiger partial charge in [-0.2, -0.15) is 0 Å². The molecule has 1 aliphatic heterocycles. The average Bonchev–Trinajstić information content (AvgIpc) is 2.96. The zero-order valence-electron chi connectivity index (χ0n) is 26.0. The first kappa shape index (κ1) is 32.8. The number of anilines is 1. The molecule has 1 saturated carbocycles. The molecule has 4 rings (SSSR count). The van der Waals surface area contributed by atoms with Gasteiger partial charge >= 0.3 is 5.97 Å². The number of carbonyl (C=O) groups excluding carboxylic acids is 1. The fraction of sp³-hybridized carbons (Fsp3) is 0.606. The zero-order chi connectivity index (χ0) is 30.7. The van der Waals surface area contributed by atoms with Gasteiger partial charge in [0.25, 0.3) is 0 Å². The summed E-state index contributed by atoms with van der Waals surface area (Å²) >= 11 is 6.32. The van der Waals surface area contributed by atoms with Crippen LogP contribution in [0, 0.1) is 11.8 Å². The van der Waals surface area contributed by atoms with Gasteiger partial charge in [0.2, 0.25) is 0 Å². The monoisotopic (exact) mass is 617 g/mol. The third kappa shape index (κ3) is 7.51. The molecule has 0 spiro atoms. The predicted molar refractivity (Wildman–Crippen MR) is 170 cm³/mol. The first-order chi connectivity index (χ1) is 19.8. The van der Waals surface area contributed by atoms with Crippen molar-refractivity contribution >= 4 is 31.6 Å². The summed E-state index contributed by atoms with van der Waals surface area (Å²) in [6, 6.07) is 11.4. The molecule has 0 aromatic heterocycles. The quantitative estimate of drug-likeness (QED) is 0.254. The molecule has 1 aliphatic carbocycles. The lowest BCUT2D eigenvalue weighted by Crippen LogP contribution is -2.55. The first-order valence-corrected chi connectivity index (χ1v) is 18.5. The fourth-order valence-corrected chi connectivity index (χ4v) is 7.35. The van der Waals surface area contributed by atoms with E-state index < -0.39 is 20.5 Å². The van der Waals surface area contributed by atoms with Gasteiger partial charge in [0.05, 0.1) is 31.1 Å². The Hall–Kier alpha value is -2.10. The number of aliphatic hydroxyl groups is 2. The van der Waals surface area contributed by atoms with Crippen LogP contribution in [0.4, 0.5) is 5.69 Å². The number of nitrogens with zero attached hydrogens (tertiary/aromatic N) is 1. The van der Waals surface area contributed by atoms with Crippen LogP contribution in [0.5, 0.6) is 5.75 Å². The molecule has 2 aromatic rings. The van der Waals surface area contributed by atoms with E-state index in [-0.39, 0.29) is 29.5 Å². The highest BCUT2D eigenvalue weighted by atomic mass is 35.5. The van der Waals surface area contributed by atoms with Crippen molar-refractivity contribution in [3.05, 3.63) is 58.1 Å². The summed E-state index contributed by atoms with van der Waals surface area (Å²) in [7, 11) is -0.798. The highest BCUT2D eigenvalue weighted by molar-refractivity contribution is 6.74. The minimum Gasteiger partial charge on any atom is -0.487 e. The Kier molecular flexibility index (Phi) is 10.7. The molecule has 0 radical (unpaired) electrons. The first-order valence-electron chi connectivity index (χ1n) is 15.2. The summed E-state index contributed by atoms with van der Waals surface area (Å²) in [6.07, 6.45) is 3.45. The molecule has 0 bridgehead atoms. The number of esters is 1. The number of aliphatic hydroxyl groups excluding tert-OH is 2. The smallest absolute Gasteiger partial charge is 0.337 e. The number of halogens is 1. The molecule has 1 fully saturated rings.